The first kappa shape index (κ1) is 13.9. The van der Waals surface area contributed by atoms with E-state index in [-0.39, 0.29) is 5.41 Å². The smallest absolute Gasteiger partial charge is 0.0792 e. The van der Waals surface area contributed by atoms with Gasteiger partial charge in [0.15, 0.2) is 0 Å². The molecule has 3 fully saturated rings. The van der Waals surface area contributed by atoms with E-state index in [2.05, 4.69) is 19.9 Å². The standard InChI is InChI=1S/C20H30O/c1-19-11-4-7-17(19)16-9-8-14-5-3-6-15(13-21)20(14,2)18(16)10-12-19/h8,13,16-18,21H,3-7,9-12H2,1-2H3/b15-13+/t16-,17-,18-,19-,20+/m0/s1. The van der Waals surface area contributed by atoms with Crippen molar-refractivity contribution in [3.63, 3.8) is 0 Å². The minimum Gasteiger partial charge on any atom is -0.516 e. The third kappa shape index (κ3) is 1.75. The number of aliphatic hydroxyl groups excluding tert-OH is 1. The molecule has 0 aromatic rings. The quantitative estimate of drug-likeness (QED) is 0.442. The Bertz CT molecular complexity index is 502. The summed E-state index contributed by atoms with van der Waals surface area (Å²) in [6, 6.07) is 0. The molecule has 4 aliphatic carbocycles. The van der Waals surface area contributed by atoms with Crippen molar-refractivity contribution in [2.75, 3.05) is 0 Å². The molecule has 3 saturated carbocycles. The first-order valence-corrected chi connectivity index (χ1v) is 9.13. The summed E-state index contributed by atoms with van der Waals surface area (Å²) in [4.78, 5) is 0. The van der Waals surface area contributed by atoms with Gasteiger partial charge in [-0.15, -0.1) is 0 Å². The third-order valence-corrected chi connectivity index (χ3v) is 7.98. The Balaban J connectivity index is 1.76. The maximum atomic E-state index is 9.83. The summed E-state index contributed by atoms with van der Waals surface area (Å²) < 4.78 is 0. The lowest BCUT2D eigenvalue weighted by molar-refractivity contribution is -0.00915. The molecule has 0 aromatic heterocycles. The maximum absolute atomic E-state index is 9.83. The van der Waals surface area contributed by atoms with Crippen molar-refractivity contribution in [1.29, 1.82) is 0 Å². The van der Waals surface area contributed by atoms with Crippen molar-refractivity contribution >= 4 is 0 Å². The van der Waals surface area contributed by atoms with Gasteiger partial charge in [0.1, 0.15) is 0 Å². The van der Waals surface area contributed by atoms with Crippen LogP contribution in [0.1, 0.15) is 71.6 Å². The van der Waals surface area contributed by atoms with Crippen LogP contribution in [0.4, 0.5) is 0 Å². The molecule has 1 N–H and O–H groups in total. The van der Waals surface area contributed by atoms with Gasteiger partial charge in [-0.25, -0.2) is 0 Å². The zero-order valence-corrected chi connectivity index (χ0v) is 13.7. The number of allylic oxidation sites excluding steroid dienone is 3. The fraction of sp³-hybridized carbons (Fsp3) is 0.800. The number of hydrogen-bond donors (Lipinski definition) is 1. The van der Waals surface area contributed by atoms with Crippen LogP contribution in [0.2, 0.25) is 0 Å². The first-order valence-electron chi connectivity index (χ1n) is 9.13. The highest BCUT2D eigenvalue weighted by Crippen LogP contribution is 2.65. The van der Waals surface area contributed by atoms with Crippen LogP contribution in [-0.2, 0) is 0 Å². The van der Waals surface area contributed by atoms with Gasteiger partial charge in [-0.3, -0.25) is 0 Å². The highest BCUT2D eigenvalue weighted by molar-refractivity contribution is 5.35. The highest BCUT2D eigenvalue weighted by Gasteiger charge is 2.56. The van der Waals surface area contributed by atoms with Gasteiger partial charge in [-0.1, -0.05) is 31.9 Å². The number of aliphatic hydroxyl groups is 1. The lowest BCUT2D eigenvalue weighted by Gasteiger charge is -2.57. The van der Waals surface area contributed by atoms with Gasteiger partial charge in [-0.05, 0) is 80.1 Å². The van der Waals surface area contributed by atoms with Crippen molar-refractivity contribution in [1.82, 2.24) is 0 Å². The monoisotopic (exact) mass is 286 g/mol. The normalized spacial score (nSPS) is 51.0. The molecule has 4 aliphatic rings. The van der Waals surface area contributed by atoms with E-state index < -0.39 is 0 Å². The molecule has 0 aromatic carbocycles. The number of fused-ring (bicyclic) bond motifs is 5. The molecule has 5 atom stereocenters. The Hall–Kier alpha value is -0.720. The molecule has 1 heteroatoms. The Labute approximate surface area is 129 Å². The van der Waals surface area contributed by atoms with Crippen molar-refractivity contribution in [2.45, 2.75) is 71.6 Å². The minimum absolute atomic E-state index is 0.180. The molecule has 0 amide bonds. The molecule has 21 heavy (non-hydrogen) atoms. The average molecular weight is 286 g/mol. The predicted molar refractivity (Wildman–Crippen MR) is 87.0 cm³/mol. The van der Waals surface area contributed by atoms with E-state index in [1.54, 1.807) is 5.57 Å². The molecule has 1 nitrogen and oxygen atoms in total. The largest absolute Gasteiger partial charge is 0.516 e. The molecule has 4 rings (SSSR count). The van der Waals surface area contributed by atoms with E-state index >= 15 is 0 Å². The Morgan fingerprint density at radius 1 is 1.10 bits per heavy atom. The van der Waals surface area contributed by atoms with Crippen molar-refractivity contribution in [3.8, 4) is 0 Å². The fourth-order valence-electron chi connectivity index (χ4n) is 6.79. The summed E-state index contributed by atoms with van der Waals surface area (Å²) in [5.41, 5.74) is 3.79. The van der Waals surface area contributed by atoms with Crippen LogP contribution in [0.25, 0.3) is 0 Å². The second kappa shape index (κ2) is 4.64. The van der Waals surface area contributed by atoms with Gasteiger partial charge in [0, 0.05) is 5.41 Å². The van der Waals surface area contributed by atoms with Crippen LogP contribution in [0.5, 0.6) is 0 Å². The molecule has 0 aliphatic heterocycles. The van der Waals surface area contributed by atoms with Crippen molar-refractivity contribution in [3.05, 3.63) is 23.5 Å². The average Bonchev–Trinajstić information content (AvgIpc) is 2.88. The number of rotatable bonds is 0. The van der Waals surface area contributed by atoms with Gasteiger partial charge < -0.3 is 5.11 Å². The molecule has 0 bridgehead atoms. The Kier molecular flexibility index (Phi) is 3.07. The zero-order chi connectivity index (χ0) is 14.7. The second-order valence-corrected chi connectivity index (χ2v) is 8.64. The SMILES string of the molecule is C[C@@]12CCC[C@H]1[C@@H]1CC=C3CCC/C(=C\O)[C@]3(C)[C@H]1CC2. The van der Waals surface area contributed by atoms with Crippen LogP contribution < -0.4 is 0 Å². The van der Waals surface area contributed by atoms with Gasteiger partial charge >= 0.3 is 0 Å². The summed E-state index contributed by atoms with van der Waals surface area (Å²) in [5, 5.41) is 9.83. The predicted octanol–water partition coefficient (Wildman–Crippen LogP) is 5.78. The molecular weight excluding hydrogens is 256 g/mol. The van der Waals surface area contributed by atoms with E-state index in [1.807, 2.05) is 0 Å². The van der Waals surface area contributed by atoms with Crippen LogP contribution in [0.3, 0.4) is 0 Å². The Morgan fingerprint density at radius 3 is 2.76 bits per heavy atom. The van der Waals surface area contributed by atoms with Crippen LogP contribution >= 0.6 is 0 Å². The van der Waals surface area contributed by atoms with Gasteiger partial charge in [-0.2, -0.15) is 0 Å². The van der Waals surface area contributed by atoms with Crippen molar-refractivity contribution < 1.29 is 5.11 Å². The zero-order valence-electron chi connectivity index (χ0n) is 13.7. The van der Waals surface area contributed by atoms with E-state index in [0.717, 1.165) is 24.2 Å². The van der Waals surface area contributed by atoms with Crippen molar-refractivity contribution in [2.24, 2.45) is 28.6 Å². The molecule has 0 radical (unpaired) electrons. The summed E-state index contributed by atoms with van der Waals surface area (Å²) in [5.74, 6) is 2.59. The summed E-state index contributed by atoms with van der Waals surface area (Å²) >= 11 is 0. The molecule has 116 valence electrons. The summed E-state index contributed by atoms with van der Waals surface area (Å²) in [6.07, 6.45) is 16.1. The van der Waals surface area contributed by atoms with Gasteiger partial charge in [0.25, 0.3) is 0 Å². The van der Waals surface area contributed by atoms with Crippen LogP contribution in [0, 0.1) is 28.6 Å². The molecule has 0 saturated heterocycles. The third-order valence-electron chi connectivity index (χ3n) is 7.98. The molecule has 0 heterocycles. The summed E-state index contributed by atoms with van der Waals surface area (Å²) in [6.45, 7) is 5.01. The van der Waals surface area contributed by atoms with Crippen LogP contribution in [-0.4, -0.2) is 5.11 Å². The number of hydrogen-bond acceptors (Lipinski definition) is 1. The topological polar surface area (TPSA) is 20.2 Å². The van der Waals surface area contributed by atoms with Gasteiger partial charge in [0.05, 0.1) is 6.26 Å². The minimum atomic E-state index is 0.180. The first-order chi connectivity index (χ1) is 10.1. The Morgan fingerprint density at radius 2 is 1.95 bits per heavy atom. The molecular formula is C20H30O. The van der Waals surface area contributed by atoms with Gasteiger partial charge in [0.2, 0.25) is 0 Å². The van der Waals surface area contributed by atoms with E-state index in [1.165, 1.54) is 63.2 Å². The molecule has 0 unspecified atom stereocenters. The second-order valence-electron chi connectivity index (χ2n) is 8.64. The van der Waals surface area contributed by atoms with E-state index in [9.17, 15) is 5.11 Å². The lowest BCUT2D eigenvalue weighted by atomic mass is 9.47. The van der Waals surface area contributed by atoms with Crippen LogP contribution in [0.15, 0.2) is 23.5 Å². The highest BCUT2D eigenvalue weighted by atomic mass is 16.2. The van der Waals surface area contributed by atoms with E-state index in [4.69, 9.17) is 0 Å². The molecule has 0 spiro atoms. The van der Waals surface area contributed by atoms with E-state index in [0.29, 0.717) is 5.41 Å². The fourth-order valence-corrected chi connectivity index (χ4v) is 6.79. The maximum Gasteiger partial charge on any atom is 0.0792 e. The lowest BCUT2D eigenvalue weighted by Crippen LogP contribution is -2.49. The summed E-state index contributed by atoms with van der Waals surface area (Å²) in [7, 11) is 0.